The predicted molar refractivity (Wildman–Crippen MR) is 144 cm³/mol. The second-order valence-corrected chi connectivity index (χ2v) is 13.9. The molecule has 1 amide bonds. The van der Waals surface area contributed by atoms with Crippen molar-refractivity contribution in [2.75, 3.05) is 51.9 Å². The third kappa shape index (κ3) is 6.48. The smallest absolute Gasteiger partial charge is 0.260 e. The van der Waals surface area contributed by atoms with E-state index < -0.39 is 19.9 Å². The number of benzene rings is 2. The number of rotatable bonds is 11. The number of unbranched alkanes of at least 4 members (excludes halogenated alkanes) is 1. The van der Waals surface area contributed by atoms with E-state index in [1.165, 1.54) is 46.0 Å². The summed E-state index contributed by atoms with van der Waals surface area (Å²) in [5.41, 5.74) is 0.932. The lowest BCUT2D eigenvalue weighted by molar-refractivity contribution is 0.0985. The van der Waals surface area contributed by atoms with Crippen LogP contribution in [-0.4, -0.2) is 84.0 Å². The fourth-order valence-electron chi connectivity index (χ4n) is 3.43. The van der Waals surface area contributed by atoms with Crippen LogP contribution in [0.25, 0.3) is 10.2 Å². The van der Waals surface area contributed by atoms with Crippen LogP contribution in [0.15, 0.2) is 52.3 Å². The molecule has 0 saturated heterocycles. The van der Waals surface area contributed by atoms with Gasteiger partial charge in [-0.15, -0.1) is 0 Å². The van der Waals surface area contributed by atoms with E-state index in [0.717, 1.165) is 19.1 Å². The number of anilines is 1. The Morgan fingerprint density at radius 3 is 2.14 bits per heavy atom. The maximum absolute atomic E-state index is 13.5. The van der Waals surface area contributed by atoms with E-state index in [2.05, 4.69) is 4.98 Å². The Morgan fingerprint density at radius 1 is 0.917 bits per heavy atom. The summed E-state index contributed by atoms with van der Waals surface area (Å²) >= 11 is 1.24. The molecule has 3 aromatic rings. The number of sulfone groups is 1. The van der Waals surface area contributed by atoms with Crippen LogP contribution >= 0.6 is 11.3 Å². The Bertz CT molecular complexity index is 1430. The quantitative estimate of drug-likeness (QED) is 0.359. The van der Waals surface area contributed by atoms with Gasteiger partial charge >= 0.3 is 0 Å². The van der Waals surface area contributed by atoms with Crippen molar-refractivity contribution in [3.05, 3.63) is 48.0 Å². The fourth-order valence-corrected chi connectivity index (χ4v) is 6.39. The molecule has 0 aliphatic rings. The van der Waals surface area contributed by atoms with Crippen LogP contribution in [-0.2, 0) is 19.9 Å². The molecule has 0 saturated carbocycles. The van der Waals surface area contributed by atoms with E-state index >= 15 is 0 Å². The van der Waals surface area contributed by atoms with E-state index in [4.69, 9.17) is 0 Å². The molecule has 1 aromatic heterocycles. The molecule has 0 aliphatic carbocycles. The van der Waals surface area contributed by atoms with Crippen LogP contribution in [0, 0.1) is 0 Å². The average molecular weight is 553 g/mol. The number of nitrogens with zero attached hydrogens (tertiary/aromatic N) is 4. The molecule has 3 rings (SSSR count). The van der Waals surface area contributed by atoms with E-state index in [1.54, 1.807) is 24.1 Å². The summed E-state index contributed by atoms with van der Waals surface area (Å²) in [5.74, 6) is -0.317. The van der Waals surface area contributed by atoms with Gasteiger partial charge in [0.2, 0.25) is 10.0 Å². The van der Waals surface area contributed by atoms with Crippen LogP contribution in [0.3, 0.4) is 0 Å². The number of hydrogen-bond donors (Lipinski definition) is 0. The Labute approximate surface area is 217 Å². The molecule has 36 heavy (non-hydrogen) atoms. The summed E-state index contributed by atoms with van der Waals surface area (Å²) in [4.78, 5) is 21.9. The van der Waals surface area contributed by atoms with Crippen molar-refractivity contribution in [2.45, 2.75) is 29.6 Å². The van der Waals surface area contributed by atoms with Crippen molar-refractivity contribution in [3.8, 4) is 0 Å². The lowest BCUT2D eigenvalue weighted by Gasteiger charge is -2.22. The van der Waals surface area contributed by atoms with E-state index in [9.17, 15) is 21.6 Å². The summed E-state index contributed by atoms with van der Waals surface area (Å²) in [5, 5.41) is 0.443. The van der Waals surface area contributed by atoms with Crippen LogP contribution in [0.2, 0.25) is 0 Å². The highest BCUT2D eigenvalue weighted by atomic mass is 32.2. The predicted octanol–water partition coefficient (Wildman–Crippen LogP) is 3.33. The molecule has 0 unspecified atom stereocenters. The maximum Gasteiger partial charge on any atom is 0.260 e. The zero-order valence-electron chi connectivity index (χ0n) is 21.1. The van der Waals surface area contributed by atoms with Crippen molar-refractivity contribution in [2.24, 2.45) is 0 Å². The molecular weight excluding hydrogens is 520 g/mol. The number of thiazole rings is 1. The van der Waals surface area contributed by atoms with Gasteiger partial charge in [-0.05, 0) is 63.0 Å². The minimum atomic E-state index is -3.64. The number of carbonyl (C=O) groups is 1. The molecule has 0 radical (unpaired) electrons. The Morgan fingerprint density at radius 2 is 1.56 bits per heavy atom. The number of likely N-dealkylation sites (N-methyl/N-ethyl adjacent to an activating group) is 1. The Hall–Kier alpha value is -2.38. The summed E-state index contributed by atoms with van der Waals surface area (Å²) in [6.07, 6.45) is 2.80. The van der Waals surface area contributed by atoms with Gasteiger partial charge in [-0.3, -0.25) is 9.69 Å². The molecule has 0 atom stereocenters. The highest BCUT2D eigenvalue weighted by Gasteiger charge is 2.24. The minimum absolute atomic E-state index is 0.130. The number of fused-ring (bicyclic) bond motifs is 1. The first-order valence-electron chi connectivity index (χ1n) is 11.5. The SMILES string of the molecule is CCCCN(C)S(=O)(=O)c1ccc(C(=O)N(CCN(C)C)c2nc3ccc(S(C)(=O)=O)cc3s2)cc1. The van der Waals surface area contributed by atoms with Crippen molar-refractivity contribution in [3.63, 3.8) is 0 Å². The zero-order chi connectivity index (χ0) is 26.7. The molecule has 0 aliphatic heterocycles. The summed E-state index contributed by atoms with van der Waals surface area (Å²) in [6, 6.07) is 10.6. The van der Waals surface area contributed by atoms with Crippen LogP contribution in [0.5, 0.6) is 0 Å². The van der Waals surface area contributed by atoms with Crippen LogP contribution < -0.4 is 4.90 Å². The third-order valence-corrected chi connectivity index (χ3v) is 9.68. The van der Waals surface area contributed by atoms with Crippen LogP contribution in [0.1, 0.15) is 30.1 Å². The lowest BCUT2D eigenvalue weighted by Crippen LogP contribution is -2.36. The van der Waals surface area contributed by atoms with Gasteiger partial charge < -0.3 is 4.90 Å². The topological polar surface area (TPSA) is 108 Å². The van der Waals surface area contributed by atoms with E-state index in [-0.39, 0.29) is 15.7 Å². The number of carbonyl (C=O) groups excluding carboxylic acids is 1. The highest BCUT2D eigenvalue weighted by molar-refractivity contribution is 7.90. The van der Waals surface area contributed by atoms with Crippen molar-refractivity contribution < 1.29 is 21.6 Å². The van der Waals surface area contributed by atoms with Gasteiger partial charge in [0, 0.05) is 38.5 Å². The Kier molecular flexibility index (Phi) is 8.88. The monoisotopic (exact) mass is 552 g/mol. The number of sulfonamides is 1. The Balaban J connectivity index is 1.93. The molecule has 12 heteroatoms. The first kappa shape index (κ1) is 28.2. The molecule has 0 spiro atoms. The van der Waals surface area contributed by atoms with E-state index in [0.29, 0.717) is 40.5 Å². The molecule has 0 fully saturated rings. The average Bonchev–Trinajstić information content (AvgIpc) is 3.24. The number of hydrogen-bond acceptors (Lipinski definition) is 8. The highest BCUT2D eigenvalue weighted by Crippen LogP contribution is 2.31. The van der Waals surface area contributed by atoms with Crippen molar-refractivity contribution in [1.82, 2.24) is 14.2 Å². The molecule has 9 nitrogen and oxygen atoms in total. The molecule has 0 N–H and O–H groups in total. The van der Waals surface area contributed by atoms with Gasteiger partial charge in [-0.25, -0.2) is 26.1 Å². The second-order valence-electron chi connectivity index (χ2n) is 8.86. The van der Waals surface area contributed by atoms with E-state index in [1.807, 2.05) is 25.9 Å². The van der Waals surface area contributed by atoms with Crippen LogP contribution in [0.4, 0.5) is 5.13 Å². The first-order chi connectivity index (χ1) is 16.8. The largest absolute Gasteiger partial charge is 0.308 e. The number of amides is 1. The van der Waals surface area contributed by atoms with Gasteiger partial charge in [0.1, 0.15) is 0 Å². The molecule has 1 heterocycles. The molecular formula is C24H32N4O5S3. The molecule has 2 aromatic carbocycles. The van der Waals surface area contributed by atoms with Crippen molar-refractivity contribution in [1.29, 1.82) is 0 Å². The lowest BCUT2D eigenvalue weighted by atomic mass is 10.2. The molecule has 196 valence electrons. The fraction of sp³-hybridized carbons (Fsp3) is 0.417. The van der Waals surface area contributed by atoms with Gasteiger partial charge in [0.15, 0.2) is 15.0 Å². The summed E-state index contributed by atoms with van der Waals surface area (Å²) in [7, 11) is -1.67. The first-order valence-corrected chi connectivity index (χ1v) is 15.6. The zero-order valence-corrected chi connectivity index (χ0v) is 23.6. The number of aromatic nitrogens is 1. The van der Waals surface area contributed by atoms with Gasteiger partial charge in [0.05, 0.1) is 20.0 Å². The minimum Gasteiger partial charge on any atom is -0.308 e. The third-order valence-electron chi connectivity index (χ3n) is 5.66. The summed E-state index contributed by atoms with van der Waals surface area (Å²) < 4.78 is 51.5. The molecule has 0 bridgehead atoms. The van der Waals surface area contributed by atoms with Gasteiger partial charge in [-0.2, -0.15) is 0 Å². The maximum atomic E-state index is 13.5. The van der Waals surface area contributed by atoms with Crippen molar-refractivity contribution >= 4 is 52.5 Å². The summed E-state index contributed by atoms with van der Waals surface area (Å²) in [6.45, 7) is 3.35. The second kappa shape index (κ2) is 11.3. The van der Waals surface area contributed by atoms with Gasteiger partial charge in [0.25, 0.3) is 5.91 Å². The normalized spacial score (nSPS) is 12.5. The standard InChI is InChI=1S/C24H32N4O5S3/c1-6-7-14-27(4)36(32,33)19-10-8-18(9-11-19)23(29)28(16-15-26(2)3)24-25-21-13-12-20(35(5,30)31)17-22(21)34-24/h8-13,17H,6-7,14-16H2,1-5H3. The van der Waals surface area contributed by atoms with Gasteiger partial charge in [-0.1, -0.05) is 24.7 Å².